The zero-order valence-electron chi connectivity index (χ0n) is 15.7. The van der Waals surface area contributed by atoms with Crippen LogP contribution >= 0.6 is 11.8 Å². The minimum absolute atomic E-state index is 0.102. The number of carbonyl (C=O) groups is 1. The lowest BCUT2D eigenvalue weighted by Gasteiger charge is -2.14. The highest BCUT2D eigenvalue weighted by Gasteiger charge is 2.16. The molecular weight excluding hydrogens is 386 g/mol. The fraction of sp³-hybridized carbons (Fsp3) is 0.316. The van der Waals surface area contributed by atoms with Crippen molar-refractivity contribution in [1.82, 2.24) is 14.5 Å². The summed E-state index contributed by atoms with van der Waals surface area (Å²) in [7, 11) is 0. The molecule has 0 unspecified atom stereocenters. The third kappa shape index (κ3) is 4.41. The molecule has 9 heteroatoms. The first-order valence-electron chi connectivity index (χ1n) is 8.72. The Kier molecular flexibility index (Phi) is 5.83. The van der Waals surface area contributed by atoms with Crippen molar-refractivity contribution in [3.63, 3.8) is 0 Å². The average Bonchev–Trinajstić information content (AvgIpc) is 2.99. The van der Waals surface area contributed by atoms with Crippen LogP contribution in [0.2, 0.25) is 0 Å². The van der Waals surface area contributed by atoms with Gasteiger partial charge in [0.1, 0.15) is 17.2 Å². The lowest BCUT2D eigenvalue weighted by Crippen LogP contribution is -2.26. The number of hydrogen-bond acceptors (Lipinski definition) is 4. The van der Waals surface area contributed by atoms with Crippen LogP contribution in [0.3, 0.4) is 0 Å². The minimum atomic E-state index is -0.723. The molecule has 2 heterocycles. The fourth-order valence-electron chi connectivity index (χ4n) is 2.76. The first-order chi connectivity index (χ1) is 13.2. The Morgan fingerprint density at radius 2 is 2.07 bits per heavy atom. The Bertz CT molecular complexity index is 1090. The number of aromatic nitrogens is 3. The van der Waals surface area contributed by atoms with E-state index < -0.39 is 17.5 Å². The molecule has 148 valence electrons. The highest BCUT2D eigenvalue weighted by atomic mass is 32.2. The van der Waals surface area contributed by atoms with Gasteiger partial charge >= 0.3 is 0 Å². The van der Waals surface area contributed by atoms with Crippen LogP contribution in [0, 0.1) is 24.5 Å². The van der Waals surface area contributed by atoms with E-state index in [2.05, 4.69) is 15.3 Å². The molecule has 2 aromatic heterocycles. The van der Waals surface area contributed by atoms with E-state index in [-0.39, 0.29) is 22.9 Å². The second-order valence-electron chi connectivity index (χ2n) is 6.88. The molecule has 0 saturated carbocycles. The molecule has 0 bridgehead atoms. The SMILES string of the molecule is Cc1cc2nc(SCC(=O)Nc3cc(F)ccc3F)n(CC(C)C)c(=O)c2[nH]1. The molecule has 0 spiro atoms. The molecule has 3 rings (SSSR count). The van der Waals surface area contributed by atoms with Crippen molar-refractivity contribution in [3.8, 4) is 0 Å². The smallest absolute Gasteiger partial charge is 0.278 e. The molecule has 0 aliphatic rings. The number of H-pyrrole nitrogens is 1. The number of nitrogens with one attached hydrogen (secondary N) is 2. The number of amides is 1. The molecule has 3 aromatic rings. The van der Waals surface area contributed by atoms with E-state index in [0.29, 0.717) is 22.7 Å². The Hall–Kier alpha value is -2.68. The van der Waals surface area contributed by atoms with Crippen molar-refractivity contribution >= 4 is 34.4 Å². The summed E-state index contributed by atoms with van der Waals surface area (Å²) < 4.78 is 28.5. The molecule has 2 N–H and O–H groups in total. The number of halogens is 2. The summed E-state index contributed by atoms with van der Waals surface area (Å²) in [6.45, 7) is 6.24. The Balaban J connectivity index is 1.83. The predicted octanol–water partition coefficient (Wildman–Crippen LogP) is 3.70. The van der Waals surface area contributed by atoms with Crippen LogP contribution in [-0.2, 0) is 11.3 Å². The summed E-state index contributed by atoms with van der Waals surface area (Å²) >= 11 is 1.07. The Morgan fingerprint density at radius 3 is 2.79 bits per heavy atom. The maximum atomic E-state index is 13.7. The molecule has 28 heavy (non-hydrogen) atoms. The van der Waals surface area contributed by atoms with Crippen LogP contribution in [0.15, 0.2) is 34.2 Å². The lowest BCUT2D eigenvalue weighted by molar-refractivity contribution is -0.113. The molecule has 0 atom stereocenters. The standard InChI is InChI=1S/C19H20F2N4O2S/c1-10(2)8-25-18(27)17-15(6-11(3)22-17)24-19(25)28-9-16(26)23-14-7-12(20)4-5-13(14)21/h4-7,10,22H,8-9H2,1-3H3,(H,23,26). The Labute approximate surface area is 164 Å². The quantitative estimate of drug-likeness (QED) is 0.483. The summed E-state index contributed by atoms with van der Waals surface area (Å²) in [5.74, 6) is -1.80. The van der Waals surface area contributed by atoms with Crippen LogP contribution in [0.4, 0.5) is 14.5 Å². The number of nitrogens with zero attached hydrogens (tertiary/aromatic N) is 2. The number of anilines is 1. The number of carbonyl (C=O) groups excluding carboxylic acids is 1. The number of aryl methyl sites for hydroxylation is 1. The third-order valence-corrected chi connectivity index (χ3v) is 4.90. The second kappa shape index (κ2) is 8.14. The van der Waals surface area contributed by atoms with Crippen LogP contribution in [0.25, 0.3) is 11.0 Å². The number of rotatable bonds is 6. The van der Waals surface area contributed by atoms with E-state index in [1.165, 1.54) is 4.57 Å². The van der Waals surface area contributed by atoms with Gasteiger partial charge in [-0.25, -0.2) is 13.8 Å². The van der Waals surface area contributed by atoms with E-state index in [1.54, 1.807) is 6.07 Å². The maximum Gasteiger partial charge on any atom is 0.278 e. The lowest BCUT2D eigenvalue weighted by atomic mass is 10.2. The van der Waals surface area contributed by atoms with E-state index in [0.717, 1.165) is 35.7 Å². The molecular formula is C19H20F2N4O2S. The summed E-state index contributed by atoms with van der Waals surface area (Å²) in [6, 6.07) is 4.60. The summed E-state index contributed by atoms with van der Waals surface area (Å²) in [4.78, 5) is 32.5. The van der Waals surface area contributed by atoms with Crippen molar-refractivity contribution in [3.05, 3.63) is 51.9 Å². The first-order valence-corrected chi connectivity index (χ1v) is 9.71. The van der Waals surface area contributed by atoms with Gasteiger partial charge in [0.25, 0.3) is 5.56 Å². The summed E-state index contributed by atoms with van der Waals surface area (Å²) in [5, 5.41) is 2.74. The molecule has 1 aromatic carbocycles. The summed E-state index contributed by atoms with van der Waals surface area (Å²) in [5.41, 5.74) is 1.34. The monoisotopic (exact) mass is 406 g/mol. The van der Waals surface area contributed by atoms with Crippen molar-refractivity contribution in [2.45, 2.75) is 32.5 Å². The minimum Gasteiger partial charge on any atom is -0.353 e. The molecule has 0 aliphatic heterocycles. The number of hydrogen-bond donors (Lipinski definition) is 2. The fourth-order valence-corrected chi connectivity index (χ4v) is 3.57. The first kappa shape index (κ1) is 20.1. The van der Waals surface area contributed by atoms with Gasteiger partial charge in [-0.1, -0.05) is 25.6 Å². The largest absolute Gasteiger partial charge is 0.353 e. The number of thioether (sulfide) groups is 1. The number of fused-ring (bicyclic) bond motifs is 1. The summed E-state index contributed by atoms with van der Waals surface area (Å²) in [6.07, 6.45) is 0. The number of benzene rings is 1. The van der Waals surface area contributed by atoms with Gasteiger partial charge < -0.3 is 10.3 Å². The molecule has 0 radical (unpaired) electrons. The van der Waals surface area contributed by atoms with Gasteiger partial charge in [-0.2, -0.15) is 0 Å². The molecule has 0 saturated heterocycles. The van der Waals surface area contributed by atoms with E-state index in [1.807, 2.05) is 20.8 Å². The Morgan fingerprint density at radius 1 is 1.32 bits per heavy atom. The van der Waals surface area contributed by atoms with E-state index in [9.17, 15) is 18.4 Å². The van der Waals surface area contributed by atoms with E-state index >= 15 is 0 Å². The molecule has 0 aliphatic carbocycles. The van der Waals surface area contributed by atoms with Crippen molar-refractivity contribution in [1.29, 1.82) is 0 Å². The van der Waals surface area contributed by atoms with Gasteiger partial charge in [0.15, 0.2) is 5.16 Å². The highest BCUT2D eigenvalue weighted by molar-refractivity contribution is 7.99. The maximum absolute atomic E-state index is 13.7. The van der Waals surface area contributed by atoms with Crippen LogP contribution in [0.5, 0.6) is 0 Å². The number of aromatic amines is 1. The average molecular weight is 406 g/mol. The third-order valence-electron chi connectivity index (χ3n) is 3.92. The van der Waals surface area contributed by atoms with Gasteiger partial charge in [-0.3, -0.25) is 14.2 Å². The van der Waals surface area contributed by atoms with Crippen molar-refractivity contribution < 1.29 is 13.6 Å². The van der Waals surface area contributed by atoms with Gasteiger partial charge in [0, 0.05) is 18.3 Å². The van der Waals surface area contributed by atoms with Gasteiger partial charge in [0.2, 0.25) is 5.91 Å². The van der Waals surface area contributed by atoms with E-state index in [4.69, 9.17) is 0 Å². The van der Waals surface area contributed by atoms with Crippen LogP contribution in [0.1, 0.15) is 19.5 Å². The van der Waals surface area contributed by atoms with Crippen molar-refractivity contribution in [2.24, 2.45) is 5.92 Å². The van der Waals surface area contributed by atoms with Crippen molar-refractivity contribution in [2.75, 3.05) is 11.1 Å². The van der Waals surface area contributed by atoms with Crippen LogP contribution in [-0.4, -0.2) is 26.2 Å². The zero-order chi connectivity index (χ0) is 20.4. The van der Waals surface area contributed by atoms with Gasteiger partial charge in [-0.05, 0) is 31.0 Å². The van der Waals surface area contributed by atoms with Gasteiger partial charge in [-0.15, -0.1) is 0 Å². The van der Waals surface area contributed by atoms with Gasteiger partial charge in [0.05, 0.1) is 17.0 Å². The topological polar surface area (TPSA) is 79.8 Å². The molecule has 6 nitrogen and oxygen atoms in total. The normalized spacial score (nSPS) is 11.4. The predicted molar refractivity (Wildman–Crippen MR) is 106 cm³/mol. The zero-order valence-corrected chi connectivity index (χ0v) is 16.5. The molecule has 0 fully saturated rings. The molecule has 1 amide bonds. The second-order valence-corrected chi connectivity index (χ2v) is 7.82. The van der Waals surface area contributed by atoms with Crippen LogP contribution < -0.4 is 10.9 Å². The highest BCUT2D eigenvalue weighted by Crippen LogP contribution is 2.21.